The smallest absolute Gasteiger partial charge is 0.407 e. The van der Waals surface area contributed by atoms with Crippen LogP contribution >= 0.6 is 0 Å². The summed E-state index contributed by atoms with van der Waals surface area (Å²) in [6, 6.07) is 15.0. The molecule has 3 N–H and O–H groups in total. The van der Waals surface area contributed by atoms with E-state index in [0.29, 0.717) is 0 Å². The van der Waals surface area contributed by atoms with Gasteiger partial charge in [-0.2, -0.15) is 0 Å². The van der Waals surface area contributed by atoms with Gasteiger partial charge in [0.05, 0.1) is 5.92 Å². The number of nitrogens with one attached hydrogen (secondary N) is 2. The lowest BCUT2D eigenvalue weighted by Gasteiger charge is -2.23. The molecule has 0 aliphatic heterocycles. The molecule has 7 nitrogen and oxygen atoms in total. The number of ether oxygens (including phenoxy) is 1. The normalized spacial score (nSPS) is 13.6. The van der Waals surface area contributed by atoms with Gasteiger partial charge in [-0.3, -0.25) is 4.79 Å². The molecule has 2 unspecified atom stereocenters. The van der Waals surface area contributed by atoms with E-state index in [1.54, 1.807) is 6.92 Å². The van der Waals surface area contributed by atoms with Crippen LogP contribution in [0.3, 0.4) is 0 Å². The summed E-state index contributed by atoms with van der Waals surface area (Å²) in [7, 11) is 0. The third kappa shape index (κ3) is 5.76. The van der Waals surface area contributed by atoms with Crippen LogP contribution in [0.15, 0.2) is 48.5 Å². The molecule has 2 amide bonds. The second-order valence-corrected chi connectivity index (χ2v) is 8.59. The average molecular weight is 463 g/mol. The van der Waals surface area contributed by atoms with E-state index in [2.05, 4.69) is 34.6 Å². The van der Waals surface area contributed by atoms with E-state index in [9.17, 15) is 19.5 Å². The van der Waals surface area contributed by atoms with Gasteiger partial charge < -0.3 is 20.5 Å². The van der Waals surface area contributed by atoms with Crippen LogP contribution in [-0.4, -0.2) is 42.3 Å². The first-order chi connectivity index (χ1) is 16.3. The Labute approximate surface area is 199 Å². The molecule has 2 atom stereocenters. The maximum absolute atomic E-state index is 12.7. The third-order valence-electron chi connectivity index (χ3n) is 6.05. The Bertz CT molecular complexity index is 1070. The summed E-state index contributed by atoms with van der Waals surface area (Å²) in [5, 5.41) is 14.5. The van der Waals surface area contributed by atoms with E-state index in [1.807, 2.05) is 50.2 Å². The third-order valence-corrected chi connectivity index (χ3v) is 6.05. The number of carboxylic acid groups (broad SMARTS) is 1. The Morgan fingerprint density at radius 2 is 1.62 bits per heavy atom. The summed E-state index contributed by atoms with van der Waals surface area (Å²) in [6.07, 6.45) is -0.603. The van der Waals surface area contributed by atoms with E-state index in [-0.39, 0.29) is 31.4 Å². The molecule has 0 fully saturated rings. The molecule has 0 radical (unpaired) electrons. The lowest BCUT2D eigenvalue weighted by molar-refractivity contribution is -0.142. The van der Waals surface area contributed by atoms with Gasteiger partial charge in [-0.25, -0.2) is 9.59 Å². The quantitative estimate of drug-likeness (QED) is 0.492. The molecule has 7 heteroatoms. The molecule has 178 valence electrons. The van der Waals surface area contributed by atoms with E-state index < -0.39 is 29.9 Å². The van der Waals surface area contributed by atoms with E-state index >= 15 is 0 Å². The Morgan fingerprint density at radius 3 is 2.15 bits per heavy atom. The zero-order chi connectivity index (χ0) is 24.7. The largest absolute Gasteiger partial charge is 0.480 e. The van der Waals surface area contributed by atoms with Gasteiger partial charge >= 0.3 is 12.1 Å². The van der Waals surface area contributed by atoms with Crippen LogP contribution in [0.5, 0.6) is 0 Å². The predicted molar refractivity (Wildman–Crippen MR) is 129 cm³/mol. The van der Waals surface area contributed by atoms with Gasteiger partial charge in [-0.15, -0.1) is 11.8 Å². The van der Waals surface area contributed by atoms with Crippen LogP contribution in [-0.2, 0) is 14.3 Å². The van der Waals surface area contributed by atoms with Crippen molar-refractivity contribution in [2.24, 2.45) is 11.8 Å². The minimum atomic E-state index is -1.15. The Balaban J connectivity index is 1.58. The number of aliphatic carboxylic acids is 1. The zero-order valence-corrected chi connectivity index (χ0v) is 19.6. The van der Waals surface area contributed by atoms with Gasteiger partial charge in [0, 0.05) is 18.9 Å². The molecule has 34 heavy (non-hydrogen) atoms. The van der Waals surface area contributed by atoms with E-state index in [0.717, 1.165) is 22.3 Å². The number of rotatable bonds is 9. The fourth-order valence-electron chi connectivity index (χ4n) is 4.16. The van der Waals surface area contributed by atoms with Crippen molar-refractivity contribution >= 4 is 18.0 Å². The van der Waals surface area contributed by atoms with Crippen molar-refractivity contribution in [2.75, 3.05) is 13.2 Å². The molecule has 0 spiro atoms. The molecule has 0 saturated heterocycles. The maximum Gasteiger partial charge on any atom is 0.407 e. The van der Waals surface area contributed by atoms with Crippen LogP contribution in [0.1, 0.15) is 44.2 Å². The van der Waals surface area contributed by atoms with Crippen LogP contribution in [0.2, 0.25) is 0 Å². The number of alkyl carbamates (subject to hydrolysis) is 1. The maximum atomic E-state index is 12.7. The molecule has 0 bridgehead atoms. The average Bonchev–Trinajstić information content (AvgIpc) is 3.14. The highest BCUT2D eigenvalue weighted by atomic mass is 16.5. The Kier molecular flexibility index (Phi) is 8.31. The standard InChI is InChI=1S/C27H30N2O5/c1-4-5-14-24(26(31)32)29-25(30)22(17(2)3)15-28-27(33)34-16-23-20-12-8-6-10-18(20)19-11-7-9-13-21(19)23/h6-13,17,22-24H,14-16H2,1-3H3,(H,28,33)(H,29,30)(H,31,32). The van der Waals surface area contributed by atoms with Crippen LogP contribution in [0.25, 0.3) is 11.1 Å². The summed E-state index contributed by atoms with van der Waals surface area (Å²) < 4.78 is 5.53. The molecule has 1 aliphatic rings. The fraction of sp³-hybridized carbons (Fsp3) is 0.370. The molecular weight excluding hydrogens is 432 g/mol. The molecule has 0 heterocycles. The topological polar surface area (TPSA) is 105 Å². The van der Waals surface area contributed by atoms with Crippen molar-refractivity contribution in [1.29, 1.82) is 0 Å². The highest BCUT2D eigenvalue weighted by Crippen LogP contribution is 2.44. The first-order valence-electron chi connectivity index (χ1n) is 11.3. The van der Waals surface area contributed by atoms with E-state index in [4.69, 9.17) is 4.74 Å². The molecule has 0 saturated carbocycles. The summed E-state index contributed by atoms with van der Waals surface area (Å²) in [6.45, 7) is 5.49. The van der Waals surface area contributed by atoms with Gasteiger partial charge in [0.25, 0.3) is 0 Å². The molecule has 2 aromatic carbocycles. The first-order valence-corrected chi connectivity index (χ1v) is 11.3. The molecular formula is C27H30N2O5. The van der Waals surface area contributed by atoms with Crippen molar-refractivity contribution in [3.8, 4) is 23.0 Å². The van der Waals surface area contributed by atoms with Crippen molar-refractivity contribution in [3.63, 3.8) is 0 Å². The summed E-state index contributed by atoms with van der Waals surface area (Å²) in [5.74, 6) is 2.92. The number of carbonyl (C=O) groups is 3. The van der Waals surface area contributed by atoms with Crippen molar-refractivity contribution in [2.45, 2.75) is 39.2 Å². The summed E-state index contributed by atoms with van der Waals surface area (Å²) >= 11 is 0. The van der Waals surface area contributed by atoms with Crippen LogP contribution in [0, 0.1) is 23.7 Å². The van der Waals surface area contributed by atoms with Gasteiger partial charge in [0.2, 0.25) is 5.91 Å². The number of fused-ring (bicyclic) bond motifs is 3. The van der Waals surface area contributed by atoms with Gasteiger partial charge in [-0.05, 0) is 35.1 Å². The molecule has 2 aromatic rings. The van der Waals surface area contributed by atoms with Crippen molar-refractivity contribution < 1.29 is 24.2 Å². The van der Waals surface area contributed by atoms with Gasteiger partial charge in [-0.1, -0.05) is 62.4 Å². The molecule has 3 rings (SSSR count). The highest BCUT2D eigenvalue weighted by molar-refractivity contribution is 5.86. The van der Waals surface area contributed by atoms with Gasteiger partial charge in [0.1, 0.15) is 12.6 Å². The van der Waals surface area contributed by atoms with Crippen molar-refractivity contribution in [1.82, 2.24) is 10.6 Å². The summed E-state index contributed by atoms with van der Waals surface area (Å²) in [4.78, 5) is 36.6. The lowest BCUT2D eigenvalue weighted by atomic mass is 9.94. The van der Waals surface area contributed by atoms with Crippen LogP contribution in [0.4, 0.5) is 4.79 Å². The van der Waals surface area contributed by atoms with E-state index in [1.165, 1.54) is 0 Å². The van der Waals surface area contributed by atoms with Gasteiger partial charge in [0.15, 0.2) is 0 Å². The Hall–Kier alpha value is -3.79. The number of hydrogen-bond acceptors (Lipinski definition) is 4. The number of benzene rings is 2. The minimum Gasteiger partial charge on any atom is -0.480 e. The SMILES string of the molecule is CC#CCC(NC(=O)C(CNC(=O)OCC1c2ccccc2-c2ccccc21)C(C)C)C(=O)O. The highest BCUT2D eigenvalue weighted by Gasteiger charge is 2.30. The number of carboxylic acids is 1. The Morgan fingerprint density at radius 1 is 1.03 bits per heavy atom. The van der Waals surface area contributed by atoms with Crippen molar-refractivity contribution in [3.05, 3.63) is 59.7 Å². The molecule has 0 aromatic heterocycles. The summed E-state index contributed by atoms with van der Waals surface area (Å²) in [5.41, 5.74) is 4.52. The zero-order valence-electron chi connectivity index (χ0n) is 19.6. The second kappa shape index (κ2) is 11.4. The fourth-order valence-corrected chi connectivity index (χ4v) is 4.16. The first kappa shape index (κ1) is 24.8. The minimum absolute atomic E-state index is 0.0161. The lowest BCUT2D eigenvalue weighted by Crippen LogP contribution is -2.47. The number of amides is 2. The predicted octanol–water partition coefficient (Wildman–Crippen LogP) is 3.78. The van der Waals surface area contributed by atoms with Crippen LogP contribution < -0.4 is 10.6 Å². The monoisotopic (exact) mass is 462 g/mol. The second-order valence-electron chi connectivity index (χ2n) is 8.59. The number of carbonyl (C=O) groups excluding carboxylic acids is 2. The number of hydrogen-bond donors (Lipinski definition) is 3. The molecule has 1 aliphatic carbocycles.